The van der Waals surface area contributed by atoms with Gasteiger partial charge in [0.2, 0.25) is 10.9 Å². The summed E-state index contributed by atoms with van der Waals surface area (Å²) in [4.78, 5) is 20.4. The zero-order chi connectivity index (χ0) is 21.2. The predicted octanol–water partition coefficient (Wildman–Crippen LogP) is 3.93. The molecule has 31 heavy (non-hydrogen) atoms. The Balaban J connectivity index is 1.24. The van der Waals surface area contributed by atoms with Gasteiger partial charge in [-0.25, -0.2) is 19.5 Å². The van der Waals surface area contributed by atoms with Crippen LogP contribution in [0.3, 0.4) is 0 Å². The van der Waals surface area contributed by atoms with Gasteiger partial charge in [-0.15, -0.1) is 5.10 Å². The summed E-state index contributed by atoms with van der Waals surface area (Å²) in [5, 5.41) is 5.11. The van der Waals surface area contributed by atoms with E-state index in [9.17, 15) is 0 Å². The van der Waals surface area contributed by atoms with E-state index in [1.54, 1.807) is 16.9 Å². The number of pyridine rings is 1. The molecule has 0 saturated carbocycles. The number of ether oxygens (including phenoxy) is 1. The molecule has 156 valence electrons. The monoisotopic (exact) mass is 431 g/mol. The molecule has 9 heteroatoms. The summed E-state index contributed by atoms with van der Waals surface area (Å²) in [5.41, 5.74) is 4.10. The molecule has 4 aromatic heterocycles. The van der Waals surface area contributed by atoms with E-state index < -0.39 is 0 Å². The van der Waals surface area contributed by atoms with E-state index in [0.29, 0.717) is 17.7 Å². The number of nitrogens with zero attached hydrogens (tertiary/aromatic N) is 7. The van der Waals surface area contributed by atoms with Gasteiger partial charge < -0.3 is 9.64 Å². The van der Waals surface area contributed by atoms with Crippen molar-refractivity contribution >= 4 is 22.2 Å². The molecule has 0 spiro atoms. The molecular weight excluding hydrogens is 410 g/mol. The van der Waals surface area contributed by atoms with Crippen molar-refractivity contribution in [3.8, 4) is 16.5 Å². The van der Waals surface area contributed by atoms with Gasteiger partial charge in [0.05, 0.1) is 11.9 Å². The fraction of sp³-hybridized carbons (Fsp3) is 0.227. The molecule has 1 aliphatic heterocycles. The highest BCUT2D eigenvalue weighted by Crippen LogP contribution is 2.27. The second-order valence-corrected chi connectivity index (χ2v) is 8.05. The lowest BCUT2D eigenvalue weighted by Crippen LogP contribution is -2.24. The van der Waals surface area contributed by atoms with Gasteiger partial charge in [0.15, 0.2) is 0 Å². The second-order valence-electron chi connectivity index (χ2n) is 7.13. The molecule has 0 amide bonds. The van der Waals surface area contributed by atoms with Gasteiger partial charge in [-0.1, -0.05) is 13.0 Å². The first-order valence-electron chi connectivity index (χ1n) is 10.1. The maximum absolute atomic E-state index is 6.08. The lowest BCUT2D eigenvalue weighted by atomic mass is 10.1. The predicted molar refractivity (Wildman–Crippen MR) is 120 cm³/mol. The summed E-state index contributed by atoms with van der Waals surface area (Å²) in [6.07, 6.45) is 16.1. The number of aryl methyl sites for hydroxylation is 1. The van der Waals surface area contributed by atoms with Crippen molar-refractivity contribution in [1.29, 1.82) is 0 Å². The first-order valence-corrected chi connectivity index (χ1v) is 10.9. The van der Waals surface area contributed by atoms with Crippen LogP contribution in [0.4, 0.5) is 5.95 Å². The van der Waals surface area contributed by atoms with Crippen molar-refractivity contribution in [3.05, 3.63) is 72.6 Å². The Morgan fingerprint density at radius 3 is 2.68 bits per heavy atom. The van der Waals surface area contributed by atoms with Crippen molar-refractivity contribution in [3.63, 3.8) is 0 Å². The van der Waals surface area contributed by atoms with Gasteiger partial charge in [0.1, 0.15) is 6.10 Å². The number of rotatable bonds is 6. The van der Waals surface area contributed by atoms with E-state index in [4.69, 9.17) is 4.74 Å². The summed E-state index contributed by atoms with van der Waals surface area (Å²) in [6.45, 7) is 4.81. The third-order valence-corrected chi connectivity index (χ3v) is 5.89. The third kappa shape index (κ3) is 4.04. The van der Waals surface area contributed by atoms with Crippen LogP contribution in [-0.2, 0) is 6.42 Å². The minimum Gasteiger partial charge on any atom is -0.461 e. The largest absolute Gasteiger partial charge is 0.461 e. The van der Waals surface area contributed by atoms with Gasteiger partial charge in [-0.3, -0.25) is 4.98 Å². The molecule has 0 aliphatic carbocycles. The highest BCUT2D eigenvalue weighted by atomic mass is 32.1. The number of anilines is 1. The quantitative estimate of drug-likeness (QED) is 0.457. The van der Waals surface area contributed by atoms with Gasteiger partial charge in [0.25, 0.3) is 5.19 Å². The maximum Gasteiger partial charge on any atom is 0.294 e. The van der Waals surface area contributed by atoms with E-state index in [1.807, 2.05) is 54.8 Å². The standard InChI is InChI=1S/C22H21N7OS/c1-3-16-12-24-20(25-13-16)28-10-6-17(7-11-28)15(2)30-22-27-29-14-19(26-21(29)31-22)18-4-8-23-9-5-18/h4-10,12-15H,3,11H2,1-2H3/t15-/m0/s1. The number of hydrogen-bond acceptors (Lipinski definition) is 8. The number of aromatic nitrogens is 6. The first kappa shape index (κ1) is 19.4. The normalized spacial score (nSPS) is 14.6. The van der Waals surface area contributed by atoms with Crippen molar-refractivity contribution < 1.29 is 4.74 Å². The zero-order valence-corrected chi connectivity index (χ0v) is 18.0. The third-order valence-electron chi connectivity index (χ3n) is 5.08. The molecule has 0 unspecified atom stereocenters. The Kier molecular flexibility index (Phi) is 5.17. The molecule has 5 rings (SSSR count). The van der Waals surface area contributed by atoms with Crippen molar-refractivity contribution in [1.82, 2.24) is 29.5 Å². The van der Waals surface area contributed by atoms with E-state index in [-0.39, 0.29) is 6.10 Å². The Hall–Kier alpha value is -3.59. The van der Waals surface area contributed by atoms with Crippen LogP contribution in [0.1, 0.15) is 19.4 Å². The second kappa shape index (κ2) is 8.27. The minimum atomic E-state index is -0.127. The molecule has 1 aliphatic rings. The van der Waals surface area contributed by atoms with Crippen LogP contribution in [-0.4, -0.2) is 42.2 Å². The molecule has 0 aromatic carbocycles. The van der Waals surface area contributed by atoms with E-state index in [1.165, 1.54) is 11.3 Å². The summed E-state index contributed by atoms with van der Waals surface area (Å²) < 4.78 is 7.84. The fourth-order valence-electron chi connectivity index (χ4n) is 3.25. The maximum atomic E-state index is 6.08. The summed E-state index contributed by atoms with van der Waals surface area (Å²) in [5.74, 6) is 0.698. The van der Waals surface area contributed by atoms with E-state index >= 15 is 0 Å². The Labute approximate surface area is 183 Å². The van der Waals surface area contributed by atoms with Gasteiger partial charge in [0, 0.05) is 43.1 Å². The number of hydrogen-bond donors (Lipinski definition) is 0. The van der Waals surface area contributed by atoms with Crippen molar-refractivity contribution in [2.24, 2.45) is 0 Å². The topological polar surface area (TPSA) is 81.3 Å². The summed E-state index contributed by atoms with van der Waals surface area (Å²) >= 11 is 1.43. The minimum absolute atomic E-state index is 0.127. The molecule has 0 N–H and O–H groups in total. The van der Waals surface area contributed by atoms with E-state index in [2.05, 4.69) is 38.0 Å². The Morgan fingerprint density at radius 1 is 1.19 bits per heavy atom. The highest BCUT2D eigenvalue weighted by molar-refractivity contribution is 7.18. The number of fused-ring (bicyclic) bond motifs is 1. The average molecular weight is 432 g/mol. The summed E-state index contributed by atoms with van der Waals surface area (Å²) in [7, 11) is 0. The molecule has 0 radical (unpaired) electrons. The van der Waals surface area contributed by atoms with Crippen LogP contribution in [0.25, 0.3) is 16.2 Å². The molecular formula is C22H21N7OS. The average Bonchev–Trinajstić information content (AvgIpc) is 3.38. The van der Waals surface area contributed by atoms with Crippen molar-refractivity contribution in [2.75, 3.05) is 11.4 Å². The van der Waals surface area contributed by atoms with Crippen LogP contribution in [0.2, 0.25) is 0 Å². The van der Waals surface area contributed by atoms with Crippen LogP contribution >= 0.6 is 11.3 Å². The zero-order valence-electron chi connectivity index (χ0n) is 17.2. The first-order chi connectivity index (χ1) is 15.2. The molecule has 8 nitrogen and oxygen atoms in total. The highest BCUT2D eigenvalue weighted by Gasteiger charge is 2.17. The Bertz CT molecular complexity index is 1210. The van der Waals surface area contributed by atoms with Crippen LogP contribution < -0.4 is 9.64 Å². The van der Waals surface area contributed by atoms with Crippen molar-refractivity contribution in [2.45, 2.75) is 26.4 Å². The molecule has 0 saturated heterocycles. The molecule has 5 heterocycles. The van der Waals surface area contributed by atoms with Gasteiger partial charge >= 0.3 is 0 Å². The van der Waals surface area contributed by atoms with E-state index in [0.717, 1.165) is 33.8 Å². The number of imidazole rings is 1. The summed E-state index contributed by atoms with van der Waals surface area (Å²) in [6, 6.07) is 3.86. The lowest BCUT2D eigenvalue weighted by molar-refractivity contribution is 0.256. The van der Waals surface area contributed by atoms with Crippen LogP contribution in [0.5, 0.6) is 5.19 Å². The molecule has 0 bridgehead atoms. The molecule has 4 aromatic rings. The van der Waals surface area contributed by atoms with Gasteiger partial charge in [-0.05, 0) is 54.0 Å². The SMILES string of the molecule is CCc1cnc(N2C=CC([C@H](C)Oc3nn4cc(-c5ccncc5)nc4s3)=CC2)nc1. The van der Waals surface area contributed by atoms with Gasteiger partial charge in [-0.2, -0.15) is 0 Å². The molecule has 0 fully saturated rings. The molecule has 1 atom stereocenters. The van der Waals surface area contributed by atoms with Crippen LogP contribution in [0.15, 0.2) is 67.0 Å². The smallest absolute Gasteiger partial charge is 0.294 e. The van der Waals surface area contributed by atoms with Crippen LogP contribution in [0, 0.1) is 0 Å². The lowest BCUT2D eigenvalue weighted by Gasteiger charge is -2.23. The fourth-order valence-corrected chi connectivity index (χ4v) is 4.06. The Morgan fingerprint density at radius 2 is 2.00 bits per heavy atom.